The Bertz CT molecular complexity index is 323. The van der Waals surface area contributed by atoms with Crippen LogP contribution in [0.3, 0.4) is 0 Å². The van der Waals surface area contributed by atoms with Crippen LogP contribution in [0, 0.1) is 35.5 Å². The number of allylic oxidation sites excluding steroid dienone is 2. The number of aliphatic hydroxyl groups excluding tert-OH is 1. The van der Waals surface area contributed by atoms with Gasteiger partial charge in [0.2, 0.25) is 0 Å². The van der Waals surface area contributed by atoms with Crippen molar-refractivity contribution >= 4 is 0 Å². The maximum atomic E-state index is 9.79. The molecular formula is C13H14O. The van der Waals surface area contributed by atoms with Gasteiger partial charge in [0, 0.05) is 5.92 Å². The van der Waals surface area contributed by atoms with Crippen LogP contribution in [0.4, 0.5) is 0 Å². The average Bonchev–Trinajstić information content (AvgIpc) is 2.22. The van der Waals surface area contributed by atoms with Gasteiger partial charge in [0.1, 0.15) is 6.10 Å². The first-order chi connectivity index (χ1) is 6.86. The third-order valence-corrected chi connectivity index (χ3v) is 2.93. The summed E-state index contributed by atoms with van der Waals surface area (Å²) in [4.78, 5) is 0. The molecule has 1 nitrogen and oxygen atoms in total. The maximum Gasteiger partial charge on any atom is 0.117 e. The molecule has 72 valence electrons. The van der Waals surface area contributed by atoms with Crippen molar-refractivity contribution < 1.29 is 5.11 Å². The van der Waals surface area contributed by atoms with E-state index in [2.05, 4.69) is 23.7 Å². The molecule has 2 rings (SSSR count). The topological polar surface area (TPSA) is 20.2 Å². The first-order valence-corrected chi connectivity index (χ1v) is 5.21. The largest absolute Gasteiger partial charge is 0.380 e. The van der Waals surface area contributed by atoms with Gasteiger partial charge < -0.3 is 5.11 Å². The summed E-state index contributed by atoms with van der Waals surface area (Å²) < 4.78 is 0. The van der Waals surface area contributed by atoms with E-state index in [0.29, 0.717) is 11.8 Å². The van der Waals surface area contributed by atoms with Crippen molar-refractivity contribution in [1.29, 1.82) is 0 Å². The lowest BCUT2D eigenvalue weighted by Gasteiger charge is -2.27. The van der Waals surface area contributed by atoms with Crippen LogP contribution in [0.5, 0.6) is 0 Å². The van der Waals surface area contributed by atoms with E-state index in [1.807, 2.05) is 0 Å². The zero-order chi connectivity index (χ0) is 9.80. The van der Waals surface area contributed by atoms with Gasteiger partial charge in [0.25, 0.3) is 0 Å². The Morgan fingerprint density at radius 2 is 1.86 bits per heavy atom. The Morgan fingerprint density at radius 3 is 2.71 bits per heavy atom. The smallest absolute Gasteiger partial charge is 0.117 e. The summed E-state index contributed by atoms with van der Waals surface area (Å²) in [5.41, 5.74) is 0. The third-order valence-electron chi connectivity index (χ3n) is 2.93. The molecule has 0 heterocycles. The second kappa shape index (κ2) is 4.36. The van der Waals surface area contributed by atoms with Gasteiger partial charge in [-0.2, -0.15) is 0 Å². The molecule has 1 fully saturated rings. The van der Waals surface area contributed by atoms with Crippen molar-refractivity contribution in [3.05, 3.63) is 12.2 Å². The number of rotatable bonds is 0. The van der Waals surface area contributed by atoms with Crippen LogP contribution < -0.4 is 0 Å². The number of hydrogen-bond acceptors (Lipinski definition) is 1. The Hall–Kier alpha value is -1.18. The van der Waals surface area contributed by atoms with E-state index in [9.17, 15) is 5.11 Å². The van der Waals surface area contributed by atoms with Gasteiger partial charge in [0.15, 0.2) is 0 Å². The molecule has 3 atom stereocenters. The van der Waals surface area contributed by atoms with Gasteiger partial charge in [-0.25, -0.2) is 0 Å². The van der Waals surface area contributed by atoms with Crippen LogP contribution in [0.2, 0.25) is 0 Å². The van der Waals surface area contributed by atoms with Crippen LogP contribution in [0.15, 0.2) is 12.2 Å². The normalized spacial score (nSPS) is 37.1. The molecule has 0 amide bonds. The summed E-state index contributed by atoms with van der Waals surface area (Å²) in [6.45, 7) is 0. The van der Waals surface area contributed by atoms with Gasteiger partial charge in [-0.05, 0) is 37.3 Å². The van der Waals surface area contributed by atoms with E-state index in [1.54, 1.807) is 12.2 Å². The Labute approximate surface area is 85.2 Å². The summed E-state index contributed by atoms with van der Waals surface area (Å²) in [6.07, 6.45) is 7.49. The van der Waals surface area contributed by atoms with Crippen molar-refractivity contribution in [2.75, 3.05) is 0 Å². The van der Waals surface area contributed by atoms with E-state index in [4.69, 9.17) is 0 Å². The molecule has 0 aromatic heterocycles. The molecule has 14 heavy (non-hydrogen) atoms. The maximum absolute atomic E-state index is 9.79. The summed E-state index contributed by atoms with van der Waals surface area (Å²) in [6, 6.07) is 0. The lowest BCUT2D eigenvalue weighted by Crippen LogP contribution is -2.25. The fraction of sp³-hybridized carbons (Fsp3) is 0.538. The number of aliphatic hydroxyl groups is 1. The van der Waals surface area contributed by atoms with E-state index in [1.165, 1.54) is 12.8 Å². The van der Waals surface area contributed by atoms with Gasteiger partial charge >= 0.3 is 0 Å². The molecule has 0 aromatic rings. The standard InChI is InChI=1S/C13H14O/c14-13-9-4-2-1-3-6-11-7-5-8-12(13)10-11/h1-2,11-14H,5,7-8,10H2/b2-1+. The highest BCUT2D eigenvalue weighted by molar-refractivity contribution is 5.27. The third kappa shape index (κ3) is 2.19. The van der Waals surface area contributed by atoms with Crippen LogP contribution in [0.1, 0.15) is 25.7 Å². The molecule has 2 aliphatic carbocycles. The van der Waals surface area contributed by atoms with Crippen molar-refractivity contribution in [2.45, 2.75) is 31.8 Å². The SMILES string of the molecule is OC1C#C/C=C/C#CC2CCCC1C2. The quantitative estimate of drug-likeness (QED) is 0.571. The molecule has 0 aliphatic heterocycles. The van der Waals surface area contributed by atoms with Crippen LogP contribution >= 0.6 is 0 Å². The molecule has 0 aromatic carbocycles. The van der Waals surface area contributed by atoms with Gasteiger partial charge in [-0.15, -0.1) is 0 Å². The van der Waals surface area contributed by atoms with Crippen molar-refractivity contribution in [3.8, 4) is 23.7 Å². The molecule has 0 radical (unpaired) electrons. The second-order valence-corrected chi connectivity index (χ2v) is 3.98. The summed E-state index contributed by atoms with van der Waals surface area (Å²) in [5, 5.41) is 9.79. The van der Waals surface area contributed by atoms with Crippen LogP contribution in [-0.2, 0) is 0 Å². The Balaban J connectivity index is 2.21. The molecule has 3 unspecified atom stereocenters. The second-order valence-electron chi connectivity index (χ2n) is 3.98. The van der Waals surface area contributed by atoms with E-state index in [0.717, 1.165) is 12.8 Å². The van der Waals surface area contributed by atoms with Crippen molar-refractivity contribution in [3.63, 3.8) is 0 Å². The predicted octanol–water partition coefficient (Wildman–Crippen LogP) is 1.73. The fourth-order valence-electron chi connectivity index (χ4n) is 2.15. The van der Waals surface area contributed by atoms with E-state index in [-0.39, 0.29) is 0 Å². The Kier molecular flexibility index (Phi) is 2.92. The van der Waals surface area contributed by atoms with Gasteiger partial charge in [0.05, 0.1) is 0 Å². The summed E-state index contributed by atoms with van der Waals surface area (Å²) in [7, 11) is 0. The number of hydrogen-bond donors (Lipinski definition) is 1. The summed E-state index contributed by atoms with van der Waals surface area (Å²) in [5.74, 6) is 12.7. The minimum absolute atomic E-state index is 0.335. The molecule has 1 N–H and O–H groups in total. The molecular weight excluding hydrogens is 172 g/mol. The summed E-state index contributed by atoms with van der Waals surface area (Å²) >= 11 is 0. The Morgan fingerprint density at radius 1 is 1.07 bits per heavy atom. The monoisotopic (exact) mass is 186 g/mol. The van der Waals surface area contributed by atoms with E-state index < -0.39 is 6.10 Å². The van der Waals surface area contributed by atoms with E-state index >= 15 is 0 Å². The van der Waals surface area contributed by atoms with Gasteiger partial charge in [-0.1, -0.05) is 30.1 Å². The average molecular weight is 186 g/mol. The lowest BCUT2D eigenvalue weighted by molar-refractivity contribution is 0.122. The zero-order valence-electron chi connectivity index (χ0n) is 8.16. The van der Waals surface area contributed by atoms with Crippen molar-refractivity contribution in [1.82, 2.24) is 0 Å². The first kappa shape index (κ1) is 9.38. The lowest BCUT2D eigenvalue weighted by atomic mass is 9.79. The fourth-order valence-corrected chi connectivity index (χ4v) is 2.15. The molecule has 2 aliphatic rings. The highest BCUT2D eigenvalue weighted by atomic mass is 16.3. The van der Waals surface area contributed by atoms with Crippen LogP contribution in [-0.4, -0.2) is 11.2 Å². The molecule has 0 spiro atoms. The molecule has 2 bridgehead atoms. The predicted molar refractivity (Wildman–Crippen MR) is 56.1 cm³/mol. The molecule has 1 saturated carbocycles. The highest BCUT2D eigenvalue weighted by Gasteiger charge is 2.25. The van der Waals surface area contributed by atoms with Gasteiger partial charge in [-0.3, -0.25) is 0 Å². The highest BCUT2D eigenvalue weighted by Crippen LogP contribution is 2.30. The minimum atomic E-state index is -0.456. The first-order valence-electron chi connectivity index (χ1n) is 5.21. The van der Waals surface area contributed by atoms with Crippen LogP contribution in [0.25, 0.3) is 0 Å². The molecule has 1 heteroatoms. The van der Waals surface area contributed by atoms with Crippen molar-refractivity contribution in [2.24, 2.45) is 11.8 Å². The zero-order valence-corrected chi connectivity index (χ0v) is 8.16. The molecule has 0 saturated heterocycles. The number of fused-ring (bicyclic) bond motifs is 2. The minimum Gasteiger partial charge on any atom is -0.380 e.